The molecule has 1 aromatic rings. The van der Waals surface area contributed by atoms with Gasteiger partial charge in [0.25, 0.3) is 0 Å². The normalized spacial score (nSPS) is 12.5. The molecule has 1 aromatic carbocycles. The Hall–Kier alpha value is -1.18. The number of nitrogens with one attached hydrogen (secondary N) is 1. The Bertz CT molecular complexity index is 281. The maximum Gasteiger partial charge on any atom is 0.0373 e. The molecule has 0 aromatic heterocycles. The molecule has 13 heavy (non-hydrogen) atoms. The van der Waals surface area contributed by atoms with E-state index in [-0.39, 0.29) is 0 Å². The summed E-state index contributed by atoms with van der Waals surface area (Å²) >= 11 is 0. The number of rotatable bonds is 3. The van der Waals surface area contributed by atoms with Crippen LogP contribution < -0.4 is 11.1 Å². The molecule has 0 saturated heterocycles. The zero-order chi connectivity index (χ0) is 9.84. The highest BCUT2D eigenvalue weighted by atomic mass is 14.9. The molecule has 0 saturated carbocycles. The van der Waals surface area contributed by atoms with Gasteiger partial charge in [0.2, 0.25) is 0 Å². The van der Waals surface area contributed by atoms with Crippen molar-refractivity contribution in [1.29, 1.82) is 0 Å². The zero-order valence-corrected chi connectivity index (χ0v) is 8.59. The smallest absolute Gasteiger partial charge is 0.0373 e. The van der Waals surface area contributed by atoms with E-state index < -0.39 is 0 Å². The van der Waals surface area contributed by atoms with Crippen molar-refractivity contribution in [3.05, 3.63) is 23.8 Å². The molecule has 0 radical (unpaired) electrons. The molecule has 1 rings (SSSR count). The summed E-state index contributed by atoms with van der Waals surface area (Å²) in [6.07, 6.45) is 1.13. The van der Waals surface area contributed by atoms with Gasteiger partial charge in [-0.25, -0.2) is 0 Å². The summed E-state index contributed by atoms with van der Waals surface area (Å²) in [6.45, 7) is 6.42. The van der Waals surface area contributed by atoms with Crippen LogP contribution in [0.4, 0.5) is 11.4 Å². The predicted octanol–water partition coefficient (Wildman–Crippen LogP) is 2.79. The van der Waals surface area contributed by atoms with Crippen LogP contribution >= 0.6 is 0 Å². The van der Waals surface area contributed by atoms with Crippen LogP contribution in [0.2, 0.25) is 0 Å². The first-order chi connectivity index (χ1) is 6.13. The highest BCUT2D eigenvalue weighted by molar-refractivity contribution is 5.57. The summed E-state index contributed by atoms with van der Waals surface area (Å²) < 4.78 is 0. The van der Waals surface area contributed by atoms with Gasteiger partial charge in [0, 0.05) is 17.4 Å². The van der Waals surface area contributed by atoms with Crippen LogP contribution in [-0.4, -0.2) is 6.04 Å². The molecule has 0 spiro atoms. The molecule has 0 aliphatic rings. The molecule has 3 N–H and O–H groups in total. The van der Waals surface area contributed by atoms with Crippen molar-refractivity contribution >= 4 is 11.4 Å². The minimum Gasteiger partial charge on any atom is -0.399 e. The zero-order valence-electron chi connectivity index (χ0n) is 8.59. The van der Waals surface area contributed by atoms with Gasteiger partial charge in [-0.3, -0.25) is 0 Å². The minimum absolute atomic E-state index is 0.516. The van der Waals surface area contributed by atoms with Gasteiger partial charge in [-0.05, 0) is 44.0 Å². The number of hydrogen-bond acceptors (Lipinski definition) is 2. The van der Waals surface area contributed by atoms with Crippen LogP contribution in [0.25, 0.3) is 0 Å². The minimum atomic E-state index is 0.516. The Morgan fingerprint density at radius 2 is 2.15 bits per heavy atom. The molecule has 2 heteroatoms. The molecule has 2 nitrogen and oxygen atoms in total. The number of benzene rings is 1. The largest absolute Gasteiger partial charge is 0.399 e. The Kier molecular flexibility index (Phi) is 3.18. The molecule has 0 heterocycles. The van der Waals surface area contributed by atoms with Crippen LogP contribution in [-0.2, 0) is 0 Å². The van der Waals surface area contributed by atoms with E-state index in [1.807, 2.05) is 18.2 Å². The number of aryl methyl sites for hydroxylation is 1. The van der Waals surface area contributed by atoms with Crippen LogP contribution in [0, 0.1) is 6.92 Å². The van der Waals surface area contributed by atoms with Crippen LogP contribution in [0.3, 0.4) is 0 Å². The van der Waals surface area contributed by atoms with Crippen LogP contribution in [0.5, 0.6) is 0 Å². The summed E-state index contributed by atoms with van der Waals surface area (Å²) in [6, 6.07) is 6.47. The Morgan fingerprint density at radius 1 is 1.46 bits per heavy atom. The lowest BCUT2D eigenvalue weighted by Crippen LogP contribution is -2.14. The summed E-state index contributed by atoms with van der Waals surface area (Å²) in [4.78, 5) is 0. The summed E-state index contributed by atoms with van der Waals surface area (Å²) in [5.74, 6) is 0. The van der Waals surface area contributed by atoms with Crippen molar-refractivity contribution < 1.29 is 0 Å². The average molecular weight is 178 g/mol. The molecular formula is C11H18N2. The topological polar surface area (TPSA) is 38.0 Å². The highest BCUT2D eigenvalue weighted by Crippen LogP contribution is 2.18. The maximum absolute atomic E-state index is 5.66. The van der Waals surface area contributed by atoms with Crippen LogP contribution in [0.1, 0.15) is 25.8 Å². The fourth-order valence-electron chi connectivity index (χ4n) is 1.22. The van der Waals surface area contributed by atoms with Gasteiger partial charge in [0.05, 0.1) is 0 Å². The van der Waals surface area contributed by atoms with E-state index in [9.17, 15) is 0 Å². The predicted molar refractivity (Wildman–Crippen MR) is 59.0 cm³/mol. The molecule has 0 amide bonds. The van der Waals surface area contributed by atoms with E-state index >= 15 is 0 Å². The second-order valence-electron chi connectivity index (χ2n) is 3.53. The van der Waals surface area contributed by atoms with Gasteiger partial charge in [-0.2, -0.15) is 0 Å². The number of nitrogen functional groups attached to an aromatic ring is 1. The van der Waals surface area contributed by atoms with E-state index in [0.29, 0.717) is 6.04 Å². The van der Waals surface area contributed by atoms with Gasteiger partial charge in [0.15, 0.2) is 0 Å². The monoisotopic (exact) mass is 178 g/mol. The summed E-state index contributed by atoms with van der Waals surface area (Å²) in [5.41, 5.74) is 8.88. The Balaban J connectivity index is 2.77. The van der Waals surface area contributed by atoms with E-state index in [4.69, 9.17) is 5.73 Å². The summed E-state index contributed by atoms with van der Waals surface area (Å²) in [5, 5.41) is 3.43. The third kappa shape index (κ3) is 2.65. The fourth-order valence-corrected chi connectivity index (χ4v) is 1.22. The van der Waals surface area contributed by atoms with Crippen molar-refractivity contribution in [2.75, 3.05) is 11.1 Å². The molecule has 0 aliphatic carbocycles. The average Bonchev–Trinajstić information content (AvgIpc) is 2.09. The molecule has 1 unspecified atom stereocenters. The van der Waals surface area contributed by atoms with Gasteiger partial charge >= 0.3 is 0 Å². The molecule has 0 fully saturated rings. The molecular weight excluding hydrogens is 160 g/mol. The van der Waals surface area contributed by atoms with E-state index in [1.165, 1.54) is 11.3 Å². The van der Waals surface area contributed by atoms with Gasteiger partial charge in [-0.15, -0.1) is 0 Å². The fraction of sp³-hybridized carbons (Fsp3) is 0.455. The molecule has 0 bridgehead atoms. The van der Waals surface area contributed by atoms with Crippen LogP contribution in [0.15, 0.2) is 18.2 Å². The number of nitrogens with two attached hydrogens (primary N) is 1. The molecule has 72 valence electrons. The lowest BCUT2D eigenvalue weighted by molar-refractivity contribution is 0.763. The van der Waals surface area contributed by atoms with Gasteiger partial charge in [-0.1, -0.05) is 6.92 Å². The number of anilines is 2. The molecule has 1 atom stereocenters. The quantitative estimate of drug-likeness (QED) is 0.698. The van der Waals surface area contributed by atoms with Gasteiger partial charge in [0.1, 0.15) is 0 Å². The van der Waals surface area contributed by atoms with Crippen molar-refractivity contribution in [3.63, 3.8) is 0 Å². The Labute approximate surface area is 80.1 Å². The first-order valence-electron chi connectivity index (χ1n) is 4.76. The van der Waals surface area contributed by atoms with Crippen molar-refractivity contribution in [2.45, 2.75) is 33.2 Å². The third-order valence-corrected chi connectivity index (χ3v) is 2.26. The van der Waals surface area contributed by atoms with E-state index in [0.717, 1.165) is 12.1 Å². The first kappa shape index (κ1) is 9.90. The SMILES string of the molecule is CCC(C)Nc1ccc(N)cc1C. The molecule has 0 aliphatic heterocycles. The Morgan fingerprint density at radius 3 is 2.69 bits per heavy atom. The van der Waals surface area contributed by atoms with E-state index in [1.54, 1.807) is 0 Å². The highest BCUT2D eigenvalue weighted by Gasteiger charge is 2.01. The van der Waals surface area contributed by atoms with E-state index in [2.05, 4.69) is 26.1 Å². The third-order valence-electron chi connectivity index (χ3n) is 2.26. The van der Waals surface area contributed by atoms with Crippen molar-refractivity contribution in [2.24, 2.45) is 0 Å². The lowest BCUT2D eigenvalue weighted by atomic mass is 10.1. The number of hydrogen-bond donors (Lipinski definition) is 2. The first-order valence-corrected chi connectivity index (χ1v) is 4.76. The van der Waals surface area contributed by atoms with Crippen molar-refractivity contribution in [1.82, 2.24) is 0 Å². The van der Waals surface area contributed by atoms with Crippen molar-refractivity contribution in [3.8, 4) is 0 Å². The second kappa shape index (κ2) is 4.17. The maximum atomic E-state index is 5.66. The second-order valence-corrected chi connectivity index (χ2v) is 3.53. The lowest BCUT2D eigenvalue weighted by Gasteiger charge is -2.15. The standard InChI is InChI=1S/C11H18N2/c1-4-9(3)13-11-6-5-10(12)7-8(11)2/h5-7,9,13H,4,12H2,1-3H3. The summed E-state index contributed by atoms with van der Waals surface area (Å²) in [7, 11) is 0. The van der Waals surface area contributed by atoms with Gasteiger partial charge < -0.3 is 11.1 Å².